The Balaban J connectivity index is 0.829. The highest BCUT2D eigenvalue weighted by atomic mass is 16.8. The van der Waals surface area contributed by atoms with Crippen molar-refractivity contribution in [3.8, 4) is 0 Å². The Kier molecular flexibility index (Phi) is 39.1. The third kappa shape index (κ3) is 23.1. The topological polar surface area (TPSA) is 927 Å². The normalized spacial score (nSPS) is 50.9. The van der Waals surface area contributed by atoms with Gasteiger partial charge in [-0.25, -0.2) is 9.59 Å². The molecule has 11 aliphatic heterocycles. The summed E-state index contributed by atoms with van der Waals surface area (Å²) < 4.78 is 125. The molecule has 0 aromatic rings. The molecule has 36 N–H and O–H groups in total. The summed E-state index contributed by atoms with van der Waals surface area (Å²) in [5.41, 5.74) is 11.9. The van der Waals surface area contributed by atoms with Gasteiger partial charge in [-0.1, -0.05) is 27.7 Å². The van der Waals surface area contributed by atoms with Crippen molar-refractivity contribution in [3.05, 3.63) is 0 Å². The van der Waals surface area contributed by atoms with E-state index >= 15 is 0 Å². The Labute approximate surface area is 761 Å². The number of aliphatic hydroxyl groups excluding tert-OH is 30. The average Bonchev–Trinajstić information content (AvgIpc) is 0.770. The Morgan fingerprint density at radius 2 is 0.590 bits per heavy atom. The van der Waals surface area contributed by atoms with E-state index in [1.165, 1.54) is 20.8 Å². The highest BCUT2D eigenvalue weighted by Crippen LogP contribution is 2.44. The van der Waals surface area contributed by atoms with Gasteiger partial charge in [0.05, 0.1) is 127 Å². The first-order valence-corrected chi connectivity index (χ1v) is 43.7. The third-order valence-corrected chi connectivity index (χ3v) is 26.8. The van der Waals surface area contributed by atoms with Crippen molar-refractivity contribution in [2.75, 3.05) is 72.7 Å². The molecular weight excluding hydrogens is 1830 g/mol. The van der Waals surface area contributed by atoms with Gasteiger partial charge in [-0.2, -0.15) is 0 Å². The molecule has 0 aromatic heterocycles. The van der Waals surface area contributed by atoms with Crippen LogP contribution in [0.3, 0.4) is 0 Å². The lowest BCUT2D eigenvalue weighted by atomic mass is 9.88. The maximum Gasteiger partial charge on any atom is 0.364 e. The third-order valence-electron chi connectivity index (χ3n) is 26.8. The Morgan fingerprint density at radius 1 is 0.306 bits per heavy atom. The summed E-state index contributed by atoms with van der Waals surface area (Å²) in [7, 11) is 0. The number of aliphatic carboxylic acids is 2. The molecule has 0 radical (unpaired) electrons. The van der Waals surface area contributed by atoms with Crippen LogP contribution in [0.15, 0.2) is 0 Å². The minimum absolute atomic E-state index is 0.584. The number of hydrogen-bond acceptors (Lipinski definition) is 55. The van der Waals surface area contributed by atoms with E-state index in [1.807, 2.05) is 0 Å². The van der Waals surface area contributed by atoms with E-state index in [0.717, 1.165) is 0 Å². The first-order chi connectivity index (χ1) is 63.2. The van der Waals surface area contributed by atoms with Crippen LogP contribution in [-0.2, 0) is 109 Å². The molecule has 0 amide bonds. The van der Waals surface area contributed by atoms with Crippen LogP contribution in [0.25, 0.3) is 0 Å². The summed E-state index contributed by atoms with van der Waals surface area (Å²) in [6, 6.07) is -3.17. The van der Waals surface area contributed by atoms with Gasteiger partial charge in [0.15, 0.2) is 50.3 Å². The second-order valence-electron chi connectivity index (χ2n) is 35.7. The van der Waals surface area contributed by atoms with Crippen LogP contribution < -0.4 is 11.5 Å². The first kappa shape index (κ1) is 111. The Bertz CT molecular complexity index is 3610. The molecule has 0 spiro atoms. The molecular formula is C77H132N2O55. The van der Waals surface area contributed by atoms with Crippen LogP contribution in [0.2, 0.25) is 0 Å². The van der Waals surface area contributed by atoms with Crippen molar-refractivity contribution in [2.24, 2.45) is 35.1 Å². The molecule has 11 saturated heterocycles. The highest BCUT2D eigenvalue weighted by molar-refractivity contribution is 5.76. The Hall–Kier alpha value is -3.18. The number of carboxylic acids is 2. The maximum atomic E-state index is 12.8. The van der Waals surface area contributed by atoms with Crippen LogP contribution >= 0.6 is 0 Å². The van der Waals surface area contributed by atoms with Crippen molar-refractivity contribution in [3.63, 3.8) is 0 Å². The number of hydrogen-bond donors (Lipinski definition) is 34. The van der Waals surface area contributed by atoms with Gasteiger partial charge in [0.25, 0.3) is 11.6 Å². The van der Waals surface area contributed by atoms with Crippen LogP contribution in [0.4, 0.5) is 0 Å². The summed E-state index contributed by atoms with van der Waals surface area (Å²) in [4.78, 5) is 25.7. The predicted molar refractivity (Wildman–Crippen MR) is 417 cm³/mol. The fourth-order valence-electron chi connectivity index (χ4n) is 18.0. The predicted octanol–water partition coefficient (Wildman–Crippen LogP) is -20.5. The molecule has 57 heteroatoms. The van der Waals surface area contributed by atoms with Crippen molar-refractivity contribution in [1.82, 2.24) is 0 Å². The van der Waals surface area contributed by atoms with Crippen molar-refractivity contribution < 1.29 is 272 Å². The van der Waals surface area contributed by atoms with Gasteiger partial charge in [0.1, 0.15) is 208 Å². The SMILES string of the molecule is CC1C(O)[C@H](O[C@@H]2OC(CO[C@]3(C(=O)O)C[C@@H](O)[C@@H](N)C([C@H](O)C(O)CO)O3)[C@H](O)C(O)[C@@H]2O)[C@H](CO)O[C@H]1O[C@@H]1C(O)[C@H](O)C(CO)O[C@@H]1OCC1O[C@@H](O[C@@H]2C(CO)O[C@@H](O[C@@H]3C(CO)O[C@@H](C)[C@@H](C)C3O)[C@@H](C)C2O)[C@H](O)C(O[C@H]2O[C@H](CO)[C@@H](O)C(O)C2O[C@@H]2OC(CO)[C@@H](O[C@@H]3OC(CO[C@]4(C(=O)O)C[C@@H](O)[C@@H](N)C([C@H](O)C(O)CO)O4)[C@H](O)C(O)[C@@H]3O)C(O)[C@@H]2C)[C@@H]1O. The van der Waals surface area contributed by atoms with E-state index < -0.39 is 445 Å². The lowest BCUT2D eigenvalue weighted by Gasteiger charge is -2.51. The standard InChI is InChI=1S/C77H132N2O55/c1-19-23(5)117-30(12-84)57(39(19)92)126-66-20(2)40(93)60(33(15-87)120-66)129-71-56(109)63(130-73-65(53(106)46(99)29(11-83)119-73)132-68-22(4)42(95)59(32(14-86)122-68)128-70-55(108)51(104)48(101)36(125-70)18-116-77(75(112)113)7-25(89)38(79)62(134-77)44(97)27(91)9-81)49(102)34(123-71)16-114-72-64(52(105)45(98)28(10-82)118-72)131-67-21(3)41(94)58(31(13-85)121-67)127-69-54(107)50(103)47(100)35(124-69)17-115-76(74(110)111)6-24(88)37(78)61(133-76)43(96)26(90)8-80/h19-73,80-109H,6-18,78-79H2,1-5H3,(H,110,111)(H,112,113)/t19-,20+,21?,22+,23+,24-,25-,26?,27?,28?,29-,30?,31+,32?,33?,34?,35?,36?,37-,38-,39?,40?,41?,42?,43-,44-,45-,46-,47+,48+,49-,50?,51?,52?,53?,54+,55+,56-,57-,58-,59-,60-,61?,62?,63?,64-,65?,66+,67+,68+,69+,70+,71+,72+,73-,76-,77-/m1/s1. The first-order valence-electron chi connectivity index (χ1n) is 43.7. The molecule has 0 saturated carbocycles. The zero-order valence-electron chi connectivity index (χ0n) is 72.8. The molecule has 22 unspecified atom stereocenters. The van der Waals surface area contributed by atoms with Crippen LogP contribution in [0.1, 0.15) is 47.5 Å². The molecule has 780 valence electrons. The van der Waals surface area contributed by atoms with Crippen molar-refractivity contribution in [2.45, 2.75) is 372 Å². The molecule has 11 rings (SSSR count). The van der Waals surface area contributed by atoms with Gasteiger partial charge in [-0.05, 0) is 6.92 Å². The lowest BCUT2D eigenvalue weighted by Crippen LogP contribution is -2.68. The quantitative estimate of drug-likeness (QED) is 0.0275. The lowest BCUT2D eigenvalue weighted by molar-refractivity contribution is -0.402. The van der Waals surface area contributed by atoms with Crippen molar-refractivity contribution in [1.29, 1.82) is 0 Å². The molecule has 0 aliphatic carbocycles. The molecule has 57 atom stereocenters. The van der Waals surface area contributed by atoms with Gasteiger partial charge in [0, 0.05) is 36.5 Å². The van der Waals surface area contributed by atoms with E-state index in [1.54, 1.807) is 13.8 Å². The number of carboxylic acid groups (broad SMARTS) is 2. The van der Waals surface area contributed by atoms with E-state index in [0.29, 0.717) is 0 Å². The van der Waals surface area contributed by atoms with Gasteiger partial charge in [0.2, 0.25) is 0 Å². The number of nitrogens with two attached hydrogens (primary N) is 2. The molecule has 11 aliphatic rings. The number of aliphatic hydroxyl groups is 30. The smallest absolute Gasteiger partial charge is 0.364 e. The highest BCUT2D eigenvalue weighted by Gasteiger charge is 2.63. The zero-order chi connectivity index (χ0) is 99.0. The summed E-state index contributed by atoms with van der Waals surface area (Å²) in [5.74, 6) is -14.7. The van der Waals surface area contributed by atoms with Crippen LogP contribution in [-0.4, -0.2) is 572 Å². The van der Waals surface area contributed by atoms with Crippen LogP contribution in [0.5, 0.6) is 0 Å². The van der Waals surface area contributed by atoms with Gasteiger partial charge >= 0.3 is 11.9 Å². The van der Waals surface area contributed by atoms with E-state index in [9.17, 15) is 173 Å². The fourth-order valence-corrected chi connectivity index (χ4v) is 18.0. The zero-order valence-corrected chi connectivity index (χ0v) is 72.8. The summed E-state index contributed by atoms with van der Waals surface area (Å²) >= 11 is 0. The second-order valence-corrected chi connectivity index (χ2v) is 35.7. The molecule has 0 aromatic carbocycles. The number of rotatable bonds is 37. The molecule has 11 fully saturated rings. The van der Waals surface area contributed by atoms with E-state index in [4.69, 9.17) is 111 Å². The number of carbonyl (C=O) groups is 2. The van der Waals surface area contributed by atoms with Gasteiger partial charge < -0.3 is 274 Å². The monoisotopic (exact) mass is 1960 g/mol. The summed E-state index contributed by atoms with van der Waals surface area (Å²) in [6.07, 6.45) is -98.7. The van der Waals surface area contributed by atoms with Crippen LogP contribution in [0, 0.1) is 23.7 Å². The fraction of sp³-hybridized carbons (Fsp3) is 0.974. The van der Waals surface area contributed by atoms with Gasteiger partial charge in [-0.15, -0.1) is 0 Å². The largest absolute Gasteiger partial charge is 0.477 e. The second kappa shape index (κ2) is 47.1. The number of ether oxygens (including phenoxy) is 21. The maximum absolute atomic E-state index is 12.8. The Morgan fingerprint density at radius 3 is 0.940 bits per heavy atom. The molecule has 134 heavy (non-hydrogen) atoms. The van der Waals surface area contributed by atoms with Crippen molar-refractivity contribution >= 4 is 11.9 Å². The minimum atomic E-state index is -2.97. The van der Waals surface area contributed by atoms with E-state index in [-0.39, 0.29) is 0 Å². The van der Waals surface area contributed by atoms with E-state index in [2.05, 4.69) is 0 Å². The van der Waals surface area contributed by atoms with Gasteiger partial charge in [-0.3, -0.25) is 0 Å². The summed E-state index contributed by atoms with van der Waals surface area (Å²) in [6.45, 7) is -4.65. The average molecular weight is 1970 g/mol. The molecule has 0 bridgehead atoms. The summed E-state index contributed by atoms with van der Waals surface area (Å²) in [5, 5.41) is 354. The minimum Gasteiger partial charge on any atom is -0.477 e. The molecule has 57 nitrogen and oxygen atoms in total. The molecule has 11 heterocycles.